The number of carbonyl (C=O) groups excluding carboxylic acids is 1. The van der Waals surface area contributed by atoms with Crippen LogP contribution in [0.25, 0.3) is 0 Å². The average molecular weight is 293 g/mol. The van der Waals surface area contributed by atoms with Crippen LogP contribution in [0.3, 0.4) is 0 Å². The third-order valence-corrected chi connectivity index (χ3v) is 2.78. The normalized spacial score (nSPS) is 9.90. The fourth-order valence-electron chi connectivity index (χ4n) is 1.58. The minimum Gasteiger partial charge on any atom is -0.319 e. The van der Waals surface area contributed by atoms with Crippen molar-refractivity contribution >= 4 is 23.2 Å². The summed E-state index contributed by atoms with van der Waals surface area (Å²) in [5, 5.41) is 10.8. The predicted octanol–water partition coefficient (Wildman–Crippen LogP) is 3.74. The fourth-order valence-corrected chi connectivity index (χ4v) is 1.75. The molecule has 3 nitrogen and oxygen atoms in total. The molecule has 100 valence electrons. The van der Waals surface area contributed by atoms with Crippen LogP contribution in [0.5, 0.6) is 0 Å². The molecule has 1 N–H and O–H groups in total. The standard InChI is InChI=1S/C14H7ClF2N2O/c15-11-2-1-3-12(13(11)17)19-14(20)9-4-8(7-18)5-10(16)6-9/h1-6H,(H,19,20). The summed E-state index contributed by atoms with van der Waals surface area (Å²) < 4.78 is 26.9. The molecule has 2 rings (SSSR count). The Balaban J connectivity index is 2.31. The van der Waals surface area contributed by atoms with Gasteiger partial charge in [0.15, 0.2) is 5.82 Å². The highest BCUT2D eigenvalue weighted by Crippen LogP contribution is 2.22. The predicted molar refractivity (Wildman–Crippen MR) is 70.5 cm³/mol. The molecule has 0 heterocycles. The molecule has 0 aliphatic heterocycles. The number of amides is 1. The number of nitrogens with one attached hydrogen (secondary N) is 1. The Morgan fingerprint density at radius 3 is 2.70 bits per heavy atom. The van der Waals surface area contributed by atoms with E-state index in [0.29, 0.717) is 0 Å². The van der Waals surface area contributed by atoms with Gasteiger partial charge >= 0.3 is 0 Å². The zero-order valence-electron chi connectivity index (χ0n) is 9.95. The monoisotopic (exact) mass is 292 g/mol. The second kappa shape index (κ2) is 5.68. The molecule has 0 atom stereocenters. The number of benzene rings is 2. The molecular formula is C14H7ClF2N2O. The third kappa shape index (κ3) is 2.92. The van der Waals surface area contributed by atoms with E-state index in [0.717, 1.165) is 12.1 Å². The van der Waals surface area contributed by atoms with Crippen molar-refractivity contribution in [3.8, 4) is 6.07 Å². The zero-order valence-corrected chi connectivity index (χ0v) is 10.7. The summed E-state index contributed by atoms with van der Waals surface area (Å²) in [6, 6.07) is 9.02. The van der Waals surface area contributed by atoms with E-state index in [-0.39, 0.29) is 21.8 Å². The van der Waals surface area contributed by atoms with E-state index < -0.39 is 17.5 Å². The van der Waals surface area contributed by atoms with Crippen LogP contribution < -0.4 is 5.32 Å². The van der Waals surface area contributed by atoms with Crippen molar-refractivity contribution in [2.45, 2.75) is 0 Å². The highest BCUT2D eigenvalue weighted by atomic mass is 35.5. The van der Waals surface area contributed by atoms with E-state index in [1.165, 1.54) is 24.3 Å². The summed E-state index contributed by atoms with van der Waals surface area (Å²) in [4.78, 5) is 11.9. The van der Waals surface area contributed by atoms with Gasteiger partial charge in [-0.3, -0.25) is 4.79 Å². The molecule has 1 amide bonds. The van der Waals surface area contributed by atoms with Gasteiger partial charge in [-0.25, -0.2) is 8.78 Å². The molecular weight excluding hydrogens is 286 g/mol. The lowest BCUT2D eigenvalue weighted by Crippen LogP contribution is -2.13. The molecule has 6 heteroatoms. The first kappa shape index (κ1) is 14.0. The van der Waals surface area contributed by atoms with Gasteiger partial charge in [-0.2, -0.15) is 5.26 Å². The first-order valence-corrected chi connectivity index (χ1v) is 5.85. The molecule has 0 unspecified atom stereocenters. The van der Waals surface area contributed by atoms with Crippen molar-refractivity contribution in [3.63, 3.8) is 0 Å². The smallest absolute Gasteiger partial charge is 0.255 e. The number of nitriles is 1. The van der Waals surface area contributed by atoms with Gasteiger partial charge in [0.25, 0.3) is 5.91 Å². The largest absolute Gasteiger partial charge is 0.319 e. The van der Waals surface area contributed by atoms with E-state index >= 15 is 0 Å². The fraction of sp³-hybridized carbons (Fsp3) is 0. The Morgan fingerprint density at radius 2 is 2.00 bits per heavy atom. The number of halogens is 3. The maximum absolute atomic E-state index is 13.6. The number of hydrogen-bond donors (Lipinski definition) is 1. The quantitative estimate of drug-likeness (QED) is 0.916. The van der Waals surface area contributed by atoms with E-state index in [4.69, 9.17) is 16.9 Å². The molecule has 2 aromatic rings. The van der Waals surface area contributed by atoms with Crippen LogP contribution in [-0.4, -0.2) is 5.91 Å². The lowest BCUT2D eigenvalue weighted by molar-refractivity contribution is 0.102. The van der Waals surface area contributed by atoms with Crippen molar-refractivity contribution in [3.05, 3.63) is 64.2 Å². The van der Waals surface area contributed by atoms with E-state index in [1.54, 1.807) is 6.07 Å². The summed E-state index contributed by atoms with van der Waals surface area (Å²) in [6.07, 6.45) is 0. The molecule has 0 aromatic heterocycles. The molecule has 0 aliphatic rings. The van der Waals surface area contributed by atoms with Crippen LogP contribution in [0.15, 0.2) is 36.4 Å². The average Bonchev–Trinajstić information content (AvgIpc) is 2.43. The second-order valence-electron chi connectivity index (χ2n) is 3.90. The van der Waals surface area contributed by atoms with Gasteiger partial charge in [-0.05, 0) is 30.3 Å². The van der Waals surface area contributed by atoms with Gasteiger partial charge in [0.2, 0.25) is 0 Å². The zero-order chi connectivity index (χ0) is 14.7. The van der Waals surface area contributed by atoms with Gasteiger partial charge in [0, 0.05) is 5.56 Å². The van der Waals surface area contributed by atoms with Crippen molar-refractivity contribution in [1.29, 1.82) is 5.26 Å². The van der Waals surface area contributed by atoms with Gasteiger partial charge in [0.05, 0.1) is 22.3 Å². The topological polar surface area (TPSA) is 52.9 Å². The lowest BCUT2D eigenvalue weighted by atomic mass is 10.1. The Kier molecular flexibility index (Phi) is 3.97. The van der Waals surface area contributed by atoms with Crippen LogP contribution in [0.4, 0.5) is 14.5 Å². The molecule has 0 saturated heterocycles. The summed E-state index contributed by atoms with van der Waals surface area (Å²) in [5.41, 5.74) is -0.201. The molecule has 0 aliphatic carbocycles. The van der Waals surface area contributed by atoms with Crippen molar-refractivity contribution < 1.29 is 13.6 Å². The number of nitrogens with zero attached hydrogens (tertiary/aromatic N) is 1. The van der Waals surface area contributed by atoms with Crippen molar-refractivity contribution in [2.75, 3.05) is 5.32 Å². The molecule has 0 bridgehead atoms. The summed E-state index contributed by atoms with van der Waals surface area (Å²) in [5.74, 6) is -2.23. The lowest BCUT2D eigenvalue weighted by Gasteiger charge is -2.07. The number of anilines is 1. The maximum Gasteiger partial charge on any atom is 0.255 e. The Hall–Kier alpha value is -2.45. The molecule has 0 radical (unpaired) electrons. The van der Waals surface area contributed by atoms with Gasteiger partial charge < -0.3 is 5.32 Å². The van der Waals surface area contributed by atoms with Crippen LogP contribution >= 0.6 is 11.6 Å². The summed E-state index contributed by atoms with van der Waals surface area (Å²) in [6.45, 7) is 0. The first-order chi connectivity index (χ1) is 9.51. The van der Waals surface area contributed by atoms with Crippen LogP contribution in [0.1, 0.15) is 15.9 Å². The Bertz CT molecular complexity index is 726. The number of hydrogen-bond acceptors (Lipinski definition) is 2. The van der Waals surface area contributed by atoms with E-state index in [1.807, 2.05) is 0 Å². The maximum atomic E-state index is 13.6. The molecule has 0 fully saturated rings. The number of rotatable bonds is 2. The van der Waals surface area contributed by atoms with E-state index in [9.17, 15) is 13.6 Å². The van der Waals surface area contributed by atoms with Crippen LogP contribution in [0, 0.1) is 23.0 Å². The Labute approximate surface area is 118 Å². The first-order valence-electron chi connectivity index (χ1n) is 5.47. The minimum absolute atomic E-state index is 0.00159. The van der Waals surface area contributed by atoms with Gasteiger partial charge in [-0.15, -0.1) is 0 Å². The summed E-state index contributed by atoms with van der Waals surface area (Å²) in [7, 11) is 0. The highest BCUT2D eigenvalue weighted by molar-refractivity contribution is 6.31. The van der Waals surface area contributed by atoms with E-state index in [2.05, 4.69) is 5.32 Å². The third-order valence-electron chi connectivity index (χ3n) is 2.49. The van der Waals surface area contributed by atoms with Crippen molar-refractivity contribution in [2.24, 2.45) is 0 Å². The summed E-state index contributed by atoms with van der Waals surface area (Å²) >= 11 is 5.59. The van der Waals surface area contributed by atoms with Gasteiger partial charge in [0.1, 0.15) is 5.82 Å². The number of carbonyl (C=O) groups is 1. The van der Waals surface area contributed by atoms with Crippen molar-refractivity contribution in [1.82, 2.24) is 0 Å². The molecule has 20 heavy (non-hydrogen) atoms. The Morgan fingerprint density at radius 1 is 1.25 bits per heavy atom. The highest BCUT2D eigenvalue weighted by Gasteiger charge is 2.13. The molecule has 0 saturated carbocycles. The minimum atomic E-state index is -0.778. The second-order valence-corrected chi connectivity index (χ2v) is 4.30. The molecule has 0 spiro atoms. The van der Waals surface area contributed by atoms with Crippen LogP contribution in [-0.2, 0) is 0 Å². The molecule has 2 aromatic carbocycles. The SMILES string of the molecule is N#Cc1cc(F)cc(C(=O)Nc2cccc(Cl)c2F)c1. The van der Waals surface area contributed by atoms with Crippen LogP contribution in [0.2, 0.25) is 5.02 Å². The van der Waals surface area contributed by atoms with Gasteiger partial charge in [-0.1, -0.05) is 17.7 Å².